The minimum Gasteiger partial charge on any atom is -0.508 e. The van der Waals surface area contributed by atoms with Crippen molar-refractivity contribution in [3.63, 3.8) is 0 Å². The maximum Gasteiger partial charge on any atom is 0.129 e. The van der Waals surface area contributed by atoms with E-state index in [1.165, 1.54) is 6.07 Å². The Labute approximate surface area is 182 Å². The van der Waals surface area contributed by atoms with Gasteiger partial charge in [0.15, 0.2) is 0 Å². The third kappa shape index (κ3) is 4.32. The zero-order chi connectivity index (χ0) is 20.5. The molecular weight excluding hydrogens is 455 g/mol. The molecule has 1 aliphatic heterocycles. The third-order valence-electron chi connectivity index (χ3n) is 4.94. The van der Waals surface area contributed by atoms with Crippen molar-refractivity contribution in [2.75, 3.05) is 0 Å². The quantitative estimate of drug-likeness (QED) is 0.422. The number of phenolic OH excluding ortho intramolecular Hbond substituents is 1. The average Bonchev–Trinajstić information content (AvgIpc) is 2.72. The fourth-order valence-electron chi connectivity index (χ4n) is 3.41. The topological polar surface area (TPSA) is 44.3 Å². The van der Waals surface area contributed by atoms with Crippen LogP contribution in [-0.2, 0) is 0 Å². The Morgan fingerprint density at radius 3 is 2.52 bits per heavy atom. The monoisotopic (exact) mass is 472 g/mol. The molecule has 3 N–H and O–H groups in total. The second-order valence-corrected chi connectivity index (χ2v) is 8.39. The minimum absolute atomic E-state index is 0.127. The first kappa shape index (κ1) is 20.0. The maximum absolute atomic E-state index is 14.6. The van der Waals surface area contributed by atoms with Crippen LogP contribution >= 0.6 is 27.5 Å². The zero-order valence-electron chi connectivity index (χ0n) is 15.6. The van der Waals surface area contributed by atoms with Gasteiger partial charge in [0, 0.05) is 26.3 Å². The zero-order valence-corrected chi connectivity index (χ0v) is 17.9. The van der Waals surface area contributed by atoms with Crippen molar-refractivity contribution < 1.29 is 9.50 Å². The average molecular weight is 474 g/mol. The molecule has 0 saturated heterocycles. The number of aromatic hydroxyl groups is 1. The highest BCUT2D eigenvalue weighted by molar-refractivity contribution is 9.10. The van der Waals surface area contributed by atoms with E-state index in [1.807, 2.05) is 37.3 Å². The number of aryl methyl sites for hydroxylation is 1. The van der Waals surface area contributed by atoms with Gasteiger partial charge in [0.1, 0.15) is 17.7 Å². The molecule has 148 valence electrons. The molecule has 6 heteroatoms. The molecule has 1 aliphatic rings. The van der Waals surface area contributed by atoms with Crippen molar-refractivity contribution >= 4 is 33.2 Å². The lowest BCUT2D eigenvalue weighted by Crippen LogP contribution is -2.40. The largest absolute Gasteiger partial charge is 0.508 e. The summed E-state index contributed by atoms with van der Waals surface area (Å²) >= 11 is 9.58. The molecule has 0 saturated carbocycles. The van der Waals surface area contributed by atoms with Gasteiger partial charge in [-0.3, -0.25) is 5.32 Å². The van der Waals surface area contributed by atoms with E-state index in [2.05, 4.69) is 26.6 Å². The van der Waals surface area contributed by atoms with E-state index in [-0.39, 0.29) is 17.6 Å². The van der Waals surface area contributed by atoms with Crippen molar-refractivity contribution in [2.24, 2.45) is 0 Å². The van der Waals surface area contributed by atoms with Gasteiger partial charge < -0.3 is 10.4 Å². The summed E-state index contributed by atoms with van der Waals surface area (Å²) < 4.78 is 15.4. The first-order valence-corrected chi connectivity index (χ1v) is 10.3. The van der Waals surface area contributed by atoms with E-state index in [9.17, 15) is 9.50 Å². The molecule has 0 bridgehead atoms. The lowest BCUT2D eigenvalue weighted by molar-refractivity contribution is 0.409. The van der Waals surface area contributed by atoms with Crippen molar-refractivity contribution in [2.45, 2.75) is 19.1 Å². The van der Waals surface area contributed by atoms with Crippen molar-refractivity contribution in [3.05, 3.63) is 104 Å². The molecule has 0 aliphatic carbocycles. The van der Waals surface area contributed by atoms with Crippen molar-refractivity contribution in [3.8, 4) is 5.75 Å². The van der Waals surface area contributed by atoms with Gasteiger partial charge in [0.25, 0.3) is 0 Å². The number of hydrogen-bond acceptors (Lipinski definition) is 3. The van der Waals surface area contributed by atoms with Gasteiger partial charge >= 0.3 is 0 Å². The highest BCUT2D eigenvalue weighted by Crippen LogP contribution is 2.35. The third-order valence-corrected chi connectivity index (χ3v) is 5.66. The molecule has 0 spiro atoms. The predicted molar refractivity (Wildman–Crippen MR) is 118 cm³/mol. The molecule has 2 atom stereocenters. The smallest absolute Gasteiger partial charge is 0.129 e. The number of halogens is 3. The van der Waals surface area contributed by atoms with Gasteiger partial charge in [-0.25, -0.2) is 4.39 Å². The number of rotatable bonds is 3. The van der Waals surface area contributed by atoms with E-state index < -0.39 is 6.17 Å². The van der Waals surface area contributed by atoms with Crippen LogP contribution in [0.1, 0.15) is 34.5 Å². The molecule has 2 unspecified atom stereocenters. The van der Waals surface area contributed by atoms with Crippen LogP contribution in [0, 0.1) is 12.7 Å². The van der Waals surface area contributed by atoms with Crippen molar-refractivity contribution in [1.82, 2.24) is 10.6 Å². The molecule has 29 heavy (non-hydrogen) atoms. The van der Waals surface area contributed by atoms with E-state index in [1.54, 1.807) is 30.3 Å². The van der Waals surface area contributed by atoms with E-state index in [4.69, 9.17) is 11.6 Å². The van der Waals surface area contributed by atoms with E-state index in [0.717, 1.165) is 21.3 Å². The number of nitrogens with one attached hydrogen (secondary N) is 2. The molecule has 0 amide bonds. The summed E-state index contributed by atoms with van der Waals surface area (Å²) in [5, 5.41) is 17.7. The van der Waals surface area contributed by atoms with Crippen LogP contribution in [0.5, 0.6) is 5.75 Å². The van der Waals surface area contributed by atoms with Crippen LogP contribution in [-0.4, -0.2) is 5.11 Å². The lowest BCUT2D eigenvalue weighted by atomic mass is 9.97. The molecular formula is C23H19BrClFN2O. The summed E-state index contributed by atoms with van der Waals surface area (Å²) in [6, 6.07) is 17.5. The van der Waals surface area contributed by atoms with E-state index in [0.29, 0.717) is 16.1 Å². The van der Waals surface area contributed by atoms with Crippen LogP contribution in [0.2, 0.25) is 5.02 Å². The van der Waals surface area contributed by atoms with Crippen LogP contribution in [0.25, 0.3) is 5.70 Å². The molecule has 0 radical (unpaired) electrons. The van der Waals surface area contributed by atoms with Gasteiger partial charge in [-0.15, -0.1) is 0 Å². The summed E-state index contributed by atoms with van der Waals surface area (Å²) in [4.78, 5) is 0. The normalized spacial score (nSPS) is 18.8. The lowest BCUT2D eigenvalue weighted by Gasteiger charge is -2.33. The fourth-order valence-corrected chi connectivity index (χ4v) is 3.97. The van der Waals surface area contributed by atoms with Crippen LogP contribution in [0.3, 0.4) is 0 Å². The highest BCUT2D eigenvalue weighted by atomic mass is 79.9. The van der Waals surface area contributed by atoms with Crippen molar-refractivity contribution in [1.29, 1.82) is 0 Å². The van der Waals surface area contributed by atoms with Gasteiger partial charge in [-0.1, -0.05) is 57.4 Å². The second kappa shape index (κ2) is 8.19. The van der Waals surface area contributed by atoms with Gasteiger partial charge in [-0.05, 0) is 55.0 Å². The van der Waals surface area contributed by atoms with Crippen LogP contribution < -0.4 is 10.6 Å². The Hall–Kier alpha value is -2.34. The Morgan fingerprint density at radius 1 is 1.00 bits per heavy atom. The summed E-state index contributed by atoms with van der Waals surface area (Å²) in [5.41, 5.74) is 4.08. The van der Waals surface area contributed by atoms with E-state index >= 15 is 0 Å². The van der Waals surface area contributed by atoms with Crippen LogP contribution in [0.4, 0.5) is 4.39 Å². The Morgan fingerprint density at radius 2 is 1.76 bits per heavy atom. The van der Waals surface area contributed by atoms with Crippen LogP contribution in [0.15, 0.2) is 71.2 Å². The SMILES string of the molecule is Cc1ccc(C2=CC(c3cc(Cl)ccc3O)NC(c3cc(Br)ccc3F)N2)cc1. The number of benzene rings is 3. The Kier molecular flexibility index (Phi) is 5.63. The first-order chi connectivity index (χ1) is 13.9. The summed E-state index contributed by atoms with van der Waals surface area (Å²) in [6.07, 6.45) is 1.47. The Balaban J connectivity index is 1.80. The standard InChI is InChI=1S/C23H19BrClFN2O/c1-13-2-4-14(5-3-13)20-12-21(18-11-16(25)7-9-22(18)29)28-23(27-20)17-10-15(24)6-8-19(17)26/h2-12,21,23,27-29H,1H3. The number of hydrogen-bond donors (Lipinski definition) is 3. The second-order valence-electron chi connectivity index (χ2n) is 7.04. The Bertz CT molecular complexity index is 1080. The highest BCUT2D eigenvalue weighted by Gasteiger charge is 2.27. The summed E-state index contributed by atoms with van der Waals surface area (Å²) in [5.74, 6) is -0.195. The predicted octanol–water partition coefficient (Wildman–Crippen LogP) is 6.23. The minimum atomic E-state index is -0.503. The van der Waals surface area contributed by atoms with Gasteiger partial charge in [0.2, 0.25) is 0 Å². The molecule has 3 nitrogen and oxygen atoms in total. The molecule has 4 rings (SSSR count). The van der Waals surface area contributed by atoms with Gasteiger partial charge in [0.05, 0.1) is 6.04 Å². The summed E-state index contributed by atoms with van der Waals surface area (Å²) in [7, 11) is 0. The molecule has 0 aromatic heterocycles. The molecule has 1 heterocycles. The summed E-state index contributed by atoms with van der Waals surface area (Å²) in [6.45, 7) is 2.03. The molecule has 3 aromatic carbocycles. The first-order valence-electron chi connectivity index (χ1n) is 9.15. The van der Waals surface area contributed by atoms with Gasteiger partial charge in [-0.2, -0.15) is 0 Å². The fraction of sp³-hybridized carbons (Fsp3) is 0.130. The molecule has 0 fully saturated rings. The maximum atomic E-state index is 14.6. The number of phenols is 1. The molecule has 3 aromatic rings.